The number of nitrogens with two attached hydrogens (primary N) is 2. The molecule has 2 atom stereocenters. The van der Waals surface area contributed by atoms with E-state index in [1.807, 2.05) is 0 Å². The lowest BCUT2D eigenvalue weighted by Gasteiger charge is -2.33. The summed E-state index contributed by atoms with van der Waals surface area (Å²) in [5.41, 5.74) is 12.4. The highest BCUT2D eigenvalue weighted by atomic mass is 35.5. The highest BCUT2D eigenvalue weighted by Crippen LogP contribution is 2.33. The van der Waals surface area contributed by atoms with Crippen molar-refractivity contribution in [3.05, 3.63) is 11.2 Å². The third-order valence-electron chi connectivity index (χ3n) is 3.56. The fourth-order valence-corrected chi connectivity index (χ4v) is 3.61. The van der Waals surface area contributed by atoms with Gasteiger partial charge >= 0.3 is 0 Å². The molecule has 0 saturated heterocycles. The number of hydrogen-bond donors (Lipinski definition) is 4. The molecule has 0 radical (unpaired) electrons. The van der Waals surface area contributed by atoms with E-state index >= 15 is 0 Å². The molecule has 1 saturated carbocycles. The van der Waals surface area contributed by atoms with Crippen LogP contribution in [0.4, 0.5) is 17.2 Å². The lowest BCUT2D eigenvalue weighted by molar-refractivity contribution is 0.379. The van der Waals surface area contributed by atoms with Crippen LogP contribution in [0, 0.1) is 0 Å². The van der Waals surface area contributed by atoms with Crippen LogP contribution < -0.4 is 21.5 Å². The fraction of sp³-hybridized carbons (Fsp3) is 0.583. The third-order valence-corrected chi connectivity index (χ3v) is 4.58. The molecule has 6 N–H and O–H groups in total. The predicted molar refractivity (Wildman–Crippen MR) is 85.7 cm³/mol. The van der Waals surface area contributed by atoms with Gasteiger partial charge in [0.1, 0.15) is 5.82 Å². The zero-order valence-electron chi connectivity index (χ0n) is 11.8. The molecule has 0 spiro atoms. The second-order valence-electron chi connectivity index (χ2n) is 5.31. The smallest absolute Gasteiger partial charge is 0.209 e. The first-order chi connectivity index (χ1) is 9.78. The molecule has 1 heterocycles. The summed E-state index contributed by atoms with van der Waals surface area (Å²) in [5, 5.41) is 3.59. The van der Waals surface area contributed by atoms with Gasteiger partial charge in [0.25, 0.3) is 0 Å². The molecule has 1 aromatic rings. The number of nitrogens with zero attached hydrogens (tertiary/aromatic N) is 1. The first-order valence-electron chi connectivity index (χ1n) is 6.71. The van der Waals surface area contributed by atoms with E-state index in [0.717, 1.165) is 31.9 Å². The molecule has 1 aliphatic rings. The summed E-state index contributed by atoms with van der Waals surface area (Å²) in [6.07, 6.45) is 6.17. The van der Waals surface area contributed by atoms with Gasteiger partial charge < -0.3 is 16.8 Å². The van der Waals surface area contributed by atoms with Gasteiger partial charge in [-0.15, -0.1) is 0 Å². The Morgan fingerprint density at radius 1 is 1.29 bits per heavy atom. The summed E-state index contributed by atoms with van der Waals surface area (Å²) in [4.78, 5) is 3.88. The van der Waals surface area contributed by atoms with Crippen LogP contribution in [0.1, 0.15) is 25.7 Å². The number of aromatic nitrogens is 1. The van der Waals surface area contributed by atoms with Crippen LogP contribution in [0.25, 0.3) is 0 Å². The van der Waals surface area contributed by atoms with Gasteiger partial charge in [-0.05, 0) is 12.8 Å². The molecule has 21 heavy (non-hydrogen) atoms. The molecular formula is C12H20ClN5O2S. The Kier molecular flexibility index (Phi) is 4.80. The van der Waals surface area contributed by atoms with Gasteiger partial charge in [0.05, 0.1) is 28.9 Å². The number of nitrogens with one attached hydrogen (secondary N) is 2. The molecule has 7 nitrogen and oxygen atoms in total. The van der Waals surface area contributed by atoms with Crippen molar-refractivity contribution in [3.63, 3.8) is 0 Å². The van der Waals surface area contributed by atoms with Gasteiger partial charge in [-0.1, -0.05) is 24.4 Å². The summed E-state index contributed by atoms with van der Waals surface area (Å²) < 4.78 is 25.6. The van der Waals surface area contributed by atoms with Crippen molar-refractivity contribution < 1.29 is 8.42 Å². The zero-order chi connectivity index (χ0) is 15.6. The highest BCUT2D eigenvalue weighted by molar-refractivity contribution is 7.88. The summed E-state index contributed by atoms with van der Waals surface area (Å²) in [6.45, 7) is 0. The van der Waals surface area contributed by atoms with Gasteiger partial charge in [-0.3, -0.25) is 0 Å². The molecule has 0 amide bonds. The zero-order valence-corrected chi connectivity index (χ0v) is 13.3. The Morgan fingerprint density at radius 3 is 2.52 bits per heavy atom. The number of anilines is 3. The molecule has 0 aliphatic heterocycles. The minimum Gasteiger partial charge on any atom is -0.394 e. The number of nitrogen functional groups attached to an aromatic ring is 2. The molecule has 0 unspecified atom stereocenters. The number of hydrogen-bond acceptors (Lipinski definition) is 6. The lowest BCUT2D eigenvalue weighted by Crippen LogP contribution is -2.48. The minimum atomic E-state index is -3.27. The number of pyridine rings is 1. The molecule has 1 aromatic heterocycles. The van der Waals surface area contributed by atoms with E-state index in [9.17, 15) is 8.42 Å². The van der Waals surface area contributed by atoms with Crippen LogP contribution in [0.15, 0.2) is 6.20 Å². The van der Waals surface area contributed by atoms with Gasteiger partial charge in [0.2, 0.25) is 10.0 Å². The Balaban J connectivity index is 2.22. The molecule has 1 fully saturated rings. The van der Waals surface area contributed by atoms with Crippen LogP contribution in [0.5, 0.6) is 0 Å². The van der Waals surface area contributed by atoms with Crippen molar-refractivity contribution >= 4 is 38.8 Å². The Labute approximate surface area is 129 Å². The average Bonchev–Trinajstić information content (AvgIpc) is 2.39. The lowest BCUT2D eigenvalue weighted by atomic mass is 9.91. The molecule has 9 heteroatoms. The highest BCUT2D eigenvalue weighted by Gasteiger charge is 2.28. The first kappa shape index (κ1) is 16.1. The minimum absolute atomic E-state index is 0.0879. The molecule has 118 valence electrons. The van der Waals surface area contributed by atoms with E-state index in [1.54, 1.807) is 0 Å². The third kappa shape index (κ3) is 4.12. The monoisotopic (exact) mass is 333 g/mol. The van der Waals surface area contributed by atoms with Gasteiger partial charge in [-0.25, -0.2) is 18.1 Å². The van der Waals surface area contributed by atoms with Crippen molar-refractivity contribution in [1.82, 2.24) is 9.71 Å². The van der Waals surface area contributed by atoms with E-state index < -0.39 is 10.0 Å². The van der Waals surface area contributed by atoms with E-state index in [0.29, 0.717) is 10.7 Å². The van der Waals surface area contributed by atoms with Crippen LogP contribution in [-0.4, -0.2) is 31.7 Å². The second kappa shape index (κ2) is 6.25. The summed E-state index contributed by atoms with van der Waals surface area (Å²) in [7, 11) is -3.27. The summed E-state index contributed by atoms with van der Waals surface area (Å²) >= 11 is 6.10. The van der Waals surface area contributed by atoms with E-state index in [1.165, 1.54) is 6.20 Å². The van der Waals surface area contributed by atoms with Crippen LogP contribution in [0.2, 0.25) is 5.02 Å². The Bertz CT molecular complexity index is 622. The topological polar surface area (TPSA) is 123 Å². The number of sulfonamides is 1. The van der Waals surface area contributed by atoms with E-state index in [2.05, 4.69) is 15.0 Å². The largest absolute Gasteiger partial charge is 0.394 e. The maximum absolute atomic E-state index is 11.5. The summed E-state index contributed by atoms with van der Waals surface area (Å²) in [5.74, 6) is 0.199. The summed E-state index contributed by atoms with van der Waals surface area (Å²) in [6, 6.07) is -0.284. The SMILES string of the molecule is CS(=O)(=O)N[C@@H]1CCCC[C@H]1Nc1c(Cl)cnc(N)c1N. The fourth-order valence-electron chi connectivity index (χ4n) is 2.57. The standard InChI is InChI=1S/C12H20ClN5O2S/c1-21(19,20)18-9-5-3-2-4-8(9)17-11-7(13)6-16-12(15)10(11)14/h6,8-9,18H,2-5,14H2,1H3,(H3,15,16,17)/t8-,9-/m1/s1. The normalized spacial score (nSPS) is 23.0. The molecule has 0 bridgehead atoms. The Hall–Kier alpha value is -1.25. The van der Waals surface area contributed by atoms with Crippen LogP contribution in [0.3, 0.4) is 0 Å². The van der Waals surface area contributed by atoms with Crippen molar-refractivity contribution in [2.45, 2.75) is 37.8 Å². The van der Waals surface area contributed by atoms with Crippen molar-refractivity contribution in [2.24, 2.45) is 0 Å². The van der Waals surface area contributed by atoms with Gasteiger partial charge in [0.15, 0.2) is 0 Å². The second-order valence-corrected chi connectivity index (χ2v) is 7.50. The van der Waals surface area contributed by atoms with E-state index in [-0.39, 0.29) is 23.6 Å². The molecule has 2 rings (SSSR count). The molecular weight excluding hydrogens is 314 g/mol. The number of rotatable bonds is 4. The first-order valence-corrected chi connectivity index (χ1v) is 8.98. The Morgan fingerprint density at radius 2 is 1.90 bits per heavy atom. The van der Waals surface area contributed by atoms with E-state index in [4.69, 9.17) is 23.1 Å². The molecule has 1 aliphatic carbocycles. The van der Waals surface area contributed by atoms with Crippen molar-refractivity contribution in [3.8, 4) is 0 Å². The van der Waals surface area contributed by atoms with Crippen LogP contribution >= 0.6 is 11.6 Å². The van der Waals surface area contributed by atoms with Crippen molar-refractivity contribution in [1.29, 1.82) is 0 Å². The van der Waals surface area contributed by atoms with Gasteiger partial charge in [-0.2, -0.15) is 0 Å². The van der Waals surface area contributed by atoms with Crippen molar-refractivity contribution in [2.75, 3.05) is 23.0 Å². The van der Waals surface area contributed by atoms with Gasteiger partial charge in [0, 0.05) is 12.1 Å². The predicted octanol–water partition coefficient (Wildman–Crippen LogP) is 1.17. The maximum atomic E-state index is 11.5. The van der Waals surface area contributed by atoms with Crippen LogP contribution in [-0.2, 0) is 10.0 Å². The average molecular weight is 334 g/mol. The maximum Gasteiger partial charge on any atom is 0.209 e. The molecule has 0 aromatic carbocycles. The number of halogens is 1. The quantitative estimate of drug-likeness (QED) is 0.656.